The summed E-state index contributed by atoms with van der Waals surface area (Å²) < 4.78 is 5.77. The van der Waals surface area contributed by atoms with Gasteiger partial charge < -0.3 is 4.74 Å². The Balaban J connectivity index is 4.17. The summed E-state index contributed by atoms with van der Waals surface area (Å²) >= 11 is 0. The highest BCUT2D eigenvalue weighted by molar-refractivity contribution is 4.77. The molecule has 3 heteroatoms. The zero-order valence-corrected chi connectivity index (χ0v) is 11.5. The Bertz CT molecular complexity index is 147. The number of hydrogen-bond donors (Lipinski definition) is 2. The van der Waals surface area contributed by atoms with E-state index in [4.69, 9.17) is 10.6 Å². The minimum absolute atomic E-state index is 0.263. The van der Waals surface area contributed by atoms with E-state index < -0.39 is 0 Å². The third-order valence-corrected chi connectivity index (χ3v) is 3.05. The zero-order chi connectivity index (χ0) is 12.4. The van der Waals surface area contributed by atoms with Gasteiger partial charge in [0.1, 0.15) is 0 Å². The number of nitrogens with two attached hydrogens (primary N) is 1. The molecule has 0 amide bonds. The normalized spacial score (nSPS) is 17.1. The topological polar surface area (TPSA) is 47.3 Å². The van der Waals surface area contributed by atoms with E-state index in [1.165, 1.54) is 12.8 Å². The zero-order valence-electron chi connectivity index (χ0n) is 11.5. The van der Waals surface area contributed by atoms with Gasteiger partial charge in [-0.05, 0) is 25.7 Å². The lowest BCUT2D eigenvalue weighted by Gasteiger charge is -2.28. The van der Waals surface area contributed by atoms with Crippen LogP contribution in [-0.2, 0) is 4.74 Å². The van der Waals surface area contributed by atoms with Gasteiger partial charge in [-0.3, -0.25) is 11.3 Å². The molecule has 0 aromatic carbocycles. The highest BCUT2D eigenvalue weighted by Crippen LogP contribution is 2.18. The smallest absolute Gasteiger partial charge is 0.0741 e. The molecule has 0 aromatic heterocycles. The van der Waals surface area contributed by atoms with Crippen LogP contribution in [0.2, 0.25) is 0 Å². The van der Waals surface area contributed by atoms with Crippen LogP contribution < -0.4 is 11.3 Å². The Morgan fingerprint density at radius 3 is 2.19 bits per heavy atom. The van der Waals surface area contributed by atoms with Crippen LogP contribution in [0.5, 0.6) is 0 Å². The SMILES string of the molecule is CCCC(C)CC(NN)C(CCC)OCC. The molecule has 0 aliphatic carbocycles. The summed E-state index contributed by atoms with van der Waals surface area (Å²) in [5.74, 6) is 6.36. The van der Waals surface area contributed by atoms with E-state index in [9.17, 15) is 0 Å². The maximum Gasteiger partial charge on any atom is 0.0741 e. The van der Waals surface area contributed by atoms with Crippen molar-refractivity contribution in [2.75, 3.05) is 6.61 Å². The van der Waals surface area contributed by atoms with Gasteiger partial charge in [0.25, 0.3) is 0 Å². The van der Waals surface area contributed by atoms with Crippen LogP contribution in [0.4, 0.5) is 0 Å². The van der Waals surface area contributed by atoms with Crippen molar-refractivity contribution in [2.24, 2.45) is 11.8 Å². The fourth-order valence-corrected chi connectivity index (χ4v) is 2.27. The quantitative estimate of drug-likeness (QED) is 0.448. The van der Waals surface area contributed by atoms with Crippen LogP contribution in [0.25, 0.3) is 0 Å². The molecular weight excluding hydrogens is 200 g/mol. The maximum atomic E-state index is 5.77. The molecule has 0 aliphatic rings. The minimum atomic E-state index is 0.263. The van der Waals surface area contributed by atoms with E-state index in [1.807, 2.05) is 6.92 Å². The molecule has 16 heavy (non-hydrogen) atoms. The summed E-state index contributed by atoms with van der Waals surface area (Å²) in [5.41, 5.74) is 2.94. The maximum absolute atomic E-state index is 5.77. The first kappa shape index (κ1) is 15.9. The summed E-state index contributed by atoms with van der Waals surface area (Å²) in [6.45, 7) is 9.53. The highest BCUT2D eigenvalue weighted by atomic mass is 16.5. The minimum Gasteiger partial charge on any atom is -0.377 e. The second kappa shape index (κ2) is 10.1. The van der Waals surface area contributed by atoms with E-state index in [0.29, 0.717) is 12.0 Å². The molecule has 0 saturated heterocycles. The number of hydrazine groups is 1. The van der Waals surface area contributed by atoms with Gasteiger partial charge in [-0.25, -0.2) is 0 Å². The van der Waals surface area contributed by atoms with E-state index >= 15 is 0 Å². The van der Waals surface area contributed by atoms with Gasteiger partial charge in [-0.15, -0.1) is 0 Å². The average molecular weight is 230 g/mol. The van der Waals surface area contributed by atoms with Gasteiger partial charge >= 0.3 is 0 Å². The largest absolute Gasteiger partial charge is 0.377 e. The lowest BCUT2D eigenvalue weighted by Crippen LogP contribution is -2.46. The fourth-order valence-electron chi connectivity index (χ4n) is 2.27. The molecule has 0 radical (unpaired) electrons. The van der Waals surface area contributed by atoms with E-state index in [2.05, 4.69) is 26.2 Å². The Morgan fingerprint density at radius 1 is 1.12 bits per heavy atom. The monoisotopic (exact) mass is 230 g/mol. The number of rotatable bonds is 10. The van der Waals surface area contributed by atoms with Crippen LogP contribution in [0.15, 0.2) is 0 Å². The first-order chi connectivity index (χ1) is 7.69. The standard InChI is InChI=1S/C13H30N2O/c1-5-8-11(4)10-12(15-14)13(9-6-2)16-7-3/h11-13,15H,5-10,14H2,1-4H3. The van der Waals surface area contributed by atoms with E-state index in [-0.39, 0.29) is 6.10 Å². The van der Waals surface area contributed by atoms with Crippen molar-refractivity contribution < 1.29 is 4.74 Å². The molecule has 0 rings (SSSR count). The van der Waals surface area contributed by atoms with Crippen molar-refractivity contribution in [3.63, 3.8) is 0 Å². The lowest BCUT2D eigenvalue weighted by atomic mass is 9.93. The van der Waals surface area contributed by atoms with Gasteiger partial charge in [0.05, 0.1) is 6.10 Å². The van der Waals surface area contributed by atoms with Gasteiger partial charge in [-0.1, -0.05) is 40.0 Å². The van der Waals surface area contributed by atoms with E-state index in [0.717, 1.165) is 25.9 Å². The predicted octanol–water partition coefficient (Wildman–Crippen LogP) is 2.85. The van der Waals surface area contributed by atoms with Gasteiger partial charge in [0.15, 0.2) is 0 Å². The van der Waals surface area contributed by atoms with Gasteiger partial charge in [0, 0.05) is 12.6 Å². The molecule has 0 fully saturated rings. The Labute approximate surface area is 101 Å². The summed E-state index contributed by atoms with van der Waals surface area (Å²) in [5, 5.41) is 0. The summed E-state index contributed by atoms with van der Waals surface area (Å²) in [4.78, 5) is 0. The first-order valence-corrected chi connectivity index (χ1v) is 6.77. The van der Waals surface area contributed by atoms with Gasteiger partial charge in [-0.2, -0.15) is 0 Å². The number of ether oxygens (including phenoxy) is 1. The summed E-state index contributed by atoms with van der Waals surface area (Å²) in [6, 6.07) is 0.293. The van der Waals surface area contributed by atoms with Crippen LogP contribution in [0.3, 0.4) is 0 Å². The van der Waals surface area contributed by atoms with Crippen molar-refractivity contribution >= 4 is 0 Å². The molecule has 0 spiro atoms. The third-order valence-electron chi connectivity index (χ3n) is 3.05. The summed E-state index contributed by atoms with van der Waals surface area (Å²) in [7, 11) is 0. The van der Waals surface area contributed by atoms with Crippen molar-refractivity contribution in [1.82, 2.24) is 5.43 Å². The molecule has 0 bridgehead atoms. The molecule has 3 nitrogen and oxygen atoms in total. The molecule has 0 aromatic rings. The molecule has 0 saturated carbocycles. The molecule has 3 unspecified atom stereocenters. The first-order valence-electron chi connectivity index (χ1n) is 6.77. The van der Waals surface area contributed by atoms with Crippen LogP contribution in [0.1, 0.15) is 59.8 Å². The predicted molar refractivity (Wildman–Crippen MR) is 70.1 cm³/mol. The third kappa shape index (κ3) is 6.46. The average Bonchev–Trinajstić information content (AvgIpc) is 2.26. The van der Waals surface area contributed by atoms with Crippen molar-refractivity contribution in [1.29, 1.82) is 0 Å². The van der Waals surface area contributed by atoms with Crippen molar-refractivity contribution in [3.8, 4) is 0 Å². The second-order valence-electron chi connectivity index (χ2n) is 4.69. The molecule has 98 valence electrons. The van der Waals surface area contributed by atoms with Crippen LogP contribution in [-0.4, -0.2) is 18.8 Å². The second-order valence-corrected chi connectivity index (χ2v) is 4.69. The Hall–Kier alpha value is -0.120. The van der Waals surface area contributed by atoms with Gasteiger partial charge in [0.2, 0.25) is 0 Å². The van der Waals surface area contributed by atoms with Crippen molar-refractivity contribution in [3.05, 3.63) is 0 Å². The number of hydrogen-bond acceptors (Lipinski definition) is 3. The van der Waals surface area contributed by atoms with E-state index in [1.54, 1.807) is 0 Å². The summed E-state index contributed by atoms with van der Waals surface area (Å²) in [6.07, 6.45) is 6.11. The Kier molecular flexibility index (Phi) is 9.99. The molecule has 3 N–H and O–H groups in total. The fraction of sp³-hybridized carbons (Fsp3) is 1.00. The van der Waals surface area contributed by atoms with Crippen molar-refractivity contribution in [2.45, 2.75) is 71.9 Å². The molecular formula is C13H30N2O. The molecule has 3 atom stereocenters. The number of nitrogens with one attached hydrogen (secondary N) is 1. The lowest BCUT2D eigenvalue weighted by molar-refractivity contribution is 0.0218. The van der Waals surface area contributed by atoms with Crippen LogP contribution >= 0.6 is 0 Å². The molecule has 0 heterocycles. The van der Waals surface area contributed by atoms with Crippen LogP contribution in [0, 0.1) is 5.92 Å². The Morgan fingerprint density at radius 2 is 1.75 bits per heavy atom. The molecule has 0 aliphatic heterocycles. The highest BCUT2D eigenvalue weighted by Gasteiger charge is 2.21.